The summed E-state index contributed by atoms with van der Waals surface area (Å²) in [6.07, 6.45) is 4.06. The van der Waals surface area contributed by atoms with Crippen LogP contribution in [0.5, 0.6) is 0 Å². The van der Waals surface area contributed by atoms with Gasteiger partial charge in [-0.15, -0.1) is 11.3 Å². The molecule has 0 bridgehead atoms. The number of thiophene rings is 1. The van der Waals surface area contributed by atoms with Gasteiger partial charge in [0.15, 0.2) is 0 Å². The van der Waals surface area contributed by atoms with Crippen molar-refractivity contribution in [2.24, 2.45) is 5.92 Å². The zero-order valence-corrected chi connectivity index (χ0v) is 10.2. The Kier molecular flexibility index (Phi) is 4.03. The molecule has 0 saturated carbocycles. The smallest absolute Gasteiger partial charge is 0.0905 e. The number of piperidine rings is 1. The van der Waals surface area contributed by atoms with Crippen LogP contribution in [0.1, 0.15) is 19.3 Å². The topological polar surface area (TPSA) is 15.3 Å². The zero-order valence-electron chi connectivity index (χ0n) is 9.41. The van der Waals surface area contributed by atoms with E-state index in [1.54, 1.807) is 0 Å². The zero-order chi connectivity index (χ0) is 10.5. The number of hydrogen-bond donors (Lipinski definition) is 1. The summed E-state index contributed by atoms with van der Waals surface area (Å²) in [4.78, 5) is 2.38. The lowest BCUT2D eigenvalue weighted by Gasteiger charge is -2.25. The first kappa shape index (κ1) is 11.0. The maximum absolute atomic E-state index is 3.42. The summed E-state index contributed by atoms with van der Waals surface area (Å²) in [5.74, 6) is 0.939. The first-order chi connectivity index (χ1) is 7.36. The molecule has 2 heterocycles. The van der Waals surface area contributed by atoms with Crippen LogP contribution in [0.3, 0.4) is 0 Å². The van der Waals surface area contributed by atoms with Crippen molar-refractivity contribution in [2.45, 2.75) is 19.3 Å². The highest BCUT2D eigenvalue weighted by molar-refractivity contribution is 7.14. The van der Waals surface area contributed by atoms with E-state index >= 15 is 0 Å². The average molecular weight is 224 g/mol. The van der Waals surface area contributed by atoms with Crippen molar-refractivity contribution in [2.75, 3.05) is 31.6 Å². The van der Waals surface area contributed by atoms with Crippen LogP contribution >= 0.6 is 11.3 Å². The summed E-state index contributed by atoms with van der Waals surface area (Å²) in [5.41, 5.74) is 0. The van der Waals surface area contributed by atoms with Crippen molar-refractivity contribution in [1.29, 1.82) is 0 Å². The van der Waals surface area contributed by atoms with Crippen molar-refractivity contribution in [3.05, 3.63) is 17.5 Å². The molecule has 1 aromatic heterocycles. The van der Waals surface area contributed by atoms with E-state index in [9.17, 15) is 0 Å². The lowest BCUT2D eigenvalue weighted by Crippen LogP contribution is -2.30. The molecule has 1 aromatic rings. The van der Waals surface area contributed by atoms with E-state index in [-0.39, 0.29) is 0 Å². The molecule has 1 fully saturated rings. The van der Waals surface area contributed by atoms with Crippen LogP contribution in [-0.4, -0.2) is 26.7 Å². The quantitative estimate of drug-likeness (QED) is 0.845. The van der Waals surface area contributed by atoms with Crippen molar-refractivity contribution < 1.29 is 0 Å². The Morgan fingerprint density at radius 2 is 2.27 bits per heavy atom. The second-order valence-corrected chi connectivity index (χ2v) is 5.28. The molecule has 0 unspecified atom stereocenters. The highest BCUT2D eigenvalue weighted by Crippen LogP contribution is 2.22. The lowest BCUT2D eigenvalue weighted by atomic mass is 9.94. The molecule has 15 heavy (non-hydrogen) atoms. The van der Waals surface area contributed by atoms with Crippen LogP contribution < -0.4 is 10.2 Å². The minimum Gasteiger partial charge on any atom is -0.367 e. The van der Waals surface area contributed by atoms with Crippen molar-refractivity contribution in [3.8, 4) is 0 Å². The molecule has 1 saturated heterocycles. The molecule has 1 aliphatic rings. The van der Waals surface area contributed by atoms with E-state index in [0.29, 0.717) is 0 Å². The molecule has 1 aliphatic heterocycles. The number of nitrogens with zero attached hydrogens (tertiary/aromatic N) is 1. The summed E-state index contributed by atoms with van der Waals surface area (Å²) in [6, 6.07) is 4.33. The third kappa shape index (κ3) is 3.21. The maximum Gasteiger partial charge on any atom is 0.0905 e. The van der Waals surface area contributed by atoms with Crippen LogP contribution in [0, 0.1) is 5.92 Å². The Bertz CT molecular complexity index is 265. The number of anilines is 1. The summed E-state index contributed by atoms with van der Waals surface area (Å²) in [7, 11) is 2.20. The van der Waals surface area contributed by atoms with Gasteiger partial charge in [0.1, 0.15) is 0 Å². The van der Waals surface area contributed by atoms with Gasteiger partial charge in [0.2, 0.25) is 0 Å². The van der Waals surface area contributed by atoms with Crippen molar-refractivity contribution in [3.63, 3.8) is 0 Å². The maximum atomic E-state index is 3.42. The van der Waals surface area contributed by atoms with Gasteiger partial charge in [-0.05, 0) is 55.8 Å². The van der Waals surface area contributed by atoms with Gasteiger partial charge in [-0.3, -0.25) is 0 Å². The summed E-state index contributed by atoms with van der Waals surface area (Å²) in [6.45, 7) is 3.63. The largest absolute Gasteiger partial charge is 0.367 e. The Balaban J connectivity index is 1.73. The van der Waals surface area contributed by atoms with Gasteiger partial charge in [-0.2, -0.15) is 0 Å². The third-order valence-corrected chi connectivity index (χ3v) is 4.20. The Hall–Kier alpha value is -0.540. The molecule has 0 aliphatic carbocycles. The number of nitrogens with one attached hydrogen (secondary N) is 1. The Morgan fingerprint density at radius 1 is 1.47 bits per heavy atom. The van der Waals surface area contributed by atoms with Gasteiger partial charge >= 0.3 is 0 Å². The predicted octanol–water partition coefficient (Wildman–Crippen LogP) is 2.57. The van der Waals surface area contributed by atoms with Crippen LogP contribution in [0.4, 0.5) is 5.00 Å². The molecule has 0 atom stereocenters. The van der Waals surface area contributed by atoms with Crippen LogP contribution in [0.25, 0.3) is 0 Å². The fraction of sp³-hybridized carbons (Fsp3) is 0.667. The standard InChI is InChI=1S/C12H20N2S/c1-14(12-3-2-10-15-12)9-6-11-4-7-13-8-5-11/h2-3,10-11,13H,4-9H2,1H3. The SMILES string of the molecule is CN(CCC1CCNCC1)c1cccs1. The third-order valence-electron chi connectivity index (χ3n) is 3.21. The van der Waals surface area contributed by atoms with Gasteiger partial charge in [0, 0.05) is 13.6 Å². The van der Waals surface area contributed by atoms with Crippen LogP contribution in [-0.2, 0) is 0 Å². The van der Waals surface area contributed by atoms with E-state index < -0.39 is 0 Å². The molecule has 0 aromatic carbocycles. The molecular weight excluding hydrogens is 204 g/mol. The normalized spacial score (nSPS) is 17.9. The lowest BCUT2D eigenvalue weighted by molar-refractivity contribution is 0.357. The fourth-order valence-electron chi connectivity index (χ4n) is 2.14. The molecule has 0 radical (unpaired) electrons. The Labute approximate surface area is 96.3 Å². The summed E-state index contributed by atoms with van der Waals surface area (Å²) < 4.78 is 0. The van der Waals surface area contributed by atoms with Gasteiger partial charge in [0.05, 0.1) is 5.00 Å². The second kappa shape index (κ2) is 5.52. The Morgan fingerprint density at radius 3 is 2.93 bits per heavy atom. The molecule has 2 nitrogen and oxygen atoms in total. The van der Waals surface area contributed by atoms with Gasteiger partial charge in [-0.1, -0.05) is 0 Å². The van der Waals surface area contributed by atoms with Gasteiger partial charge < -0.3 is 10.2 Å². The minimum atomic E-state index is 0.939. The number of hydrogen-bond acceptors (Lipinski definition) is 3. The van der Waals surface area contributed by atoms with Gasteiger partial charge in [0.25, 0.3) is 0 Å². The van der Waals surface area contributed by atoms with E-state index in [1.165, 1.54) is 43.9 Å². The van der Waals surface area contributed by atoms with Crippen molar-refractivity contribution in [1.82, 2.24) is 5.32 Å². The summed E-state index contributed by atoms with van der Waals surface area (Å²) >= 11 is 1.83. The van der Waals surface area contributed by atoms with Crippen LogP contribution in [0.2, 0.25) is 0 Å². The highest BCUT2D eigenvalue weighted by atomic mass is 32.1. The molecule has 84 valence electrons. The molecule has 3 heteroatoms. The highest BCUT2D eigenvalue weighted by Gasteiger charge is 2.13. The van der Waals surface area contributed by atoms with E-state index in [0.717, 1.165) is 5.92 Å². The average Bonchev–Trinajstić information content (AvgIpc) is 2.81. The molecule has 0 spiro atoms. The monoisotopic (exact) mass is 224 g/mol. The minimum absolute atomic E-state index is 0.939. The molecule has 2 rings (SSSR count). The van der Waals surface area contributed by atoms with E-state index in [2.05, 4.69) is 34.8 Å². The van der Waals surface area contributed by atoms with E-state index in [4.69, 9.17) is 0 Å². The molecule has 1 N–H and O–H groups in total. The first-order valence-electron chi connectivity index (χ1n) is 5.81. The second-order valence-electron chi connectivity index (χ2n) is 4.35. The first-order valence-corrected chi connectivity index (χ1v) is 6.69. The van der Waals surface area contributed by atoms with E-state index in [1.807, 2.05) is 11.3 Å². The fourth-order valence-corrected chi connectivity index (χ4v) is 2.87. The molecular formula is C12H20N2S. The van der Waals surface area contributed by atoms with Crippen LogP contribution in [0.15, 0.2) is 17.5 Å². The van der Waals surface area contributed by atoms with Crippen molar-refractivity contribution >= 4 is 16.3 Å². The predicted molar refractivity (Wildman–Crippen MR) is 67.8 cm³/mol. The number of rotatable bonds is 4. The summed E-state index contributed by atoms with van der Waals surface area (Å²) in [5, 5.41) is 6.96. The van der Waals surface area contributed by atoms with Gasteiger partial charge in [-0.25, -0.2) is 0 Å². The molecule has 0 amide bonds.